The number of aryl methyl sites for hydroxylation is 2. The van der Waals surface area contributed by atoms with E-state index < -0.39 is 0 Å². The maximum absolute atomic E-state index is 5.09. The fraction of sp³-hybridized carbons (Fsp3) is 0.455. The highest BCUT2D eigenvalue weighted by atomic mass is 16.5. The van der Waals surface area contributed by atoms with Gasteiger partial charge in [-0.15, -0.1) is 0 Å². The minimum Gasteiger partial charge on any atom is -0.481 e. The maximum atomic E-state index is 5.09. The topological polar surface area (TPSA) is 88.6 Å². The minimum absolute atomic E-state index is 0.570. The van der Waals surface area contributed by atoms with Crippen molar-refractivity contribution in [2.45, 2.75) is 19.8 Å². The molecule has 2 aromatic rings. The monoisotopic (exact) mass is 248 g/mol. The van der Waals surface area contributed by atoms with Gasteiger partial charge in [0.1, 0.15) is 23.8 Å². The summed E-state index contributed by atoms with van der Waals surface area (Å²) in [4.78, 5) is 12.5. The van der Waals surface area contributed by atoms with E-state index in [1.807, 2.05) is 6.92 Å². The Bertz CT molecular complexity index is 484. The number of aromatic amines is 1. The number of methoxy groups -OCH3 is 1. The first-order valence-electron chi connectivity index (χ1n) is 5.75. The molecule has 0 atom stereocenters. The van der Waals surface area contributed by atoms with Gasteiger partial charge in [0, 0.05) is 19.0 Å². The van der Waals surface area contributed by atoms with Gasteiger partial charge < -0.3 is 10.1 Å². The second kappa shape index (κ2) is 5.95. The van der Waals surface area contributed by atoms with Crippen LogP contribution in [0.2, 0.25) is 0 Å². The molecule has 7 nitrogen and oxygen atoms in total. The normalized spacial score (nSPS) is 10.3. The summed E-state index contributed by atoms with van der Waals surface area (Å²) in [5.41, 5.74) is 0. The average molecular weight is 248 g/mol. The molecule has 0 aromatic carbocycles. The van der Waals surface area contributed by atoms with Gasteiger partial charge in [0.2, 0.25) is 5.88 Å². The van der Waals surface area contributed by atoms with Crippen molar-refractivity contribution in [2.24, 2.45) is 0 Å². The van der Waals surface area contributed by atoms with Crippen LogP contribution in [-0.4, -0.2) is 38.8 Å². The van der Waals surface area contributed by atoms with E-state index in [-0.39, 0.29) is 0 Å². The second-order valence-corrected chi connectivity index (χ2v) is 3.81. The summed E-state index contributed by atoms with van der Waals surface area (Å²) in [6.07, 6.45) is 3.32. The number of nitrogens with one attached hydrogen (secondary N) is 2. The molecule has 0 spiro atoms. The SMILES string of the molecule is COc1cc(NCCCc2ncn[nH]2)nc(C)n1. The van der Waals surface area contributed by atoms with Crippen LogP contribution in [0.5, 0.6) is 5.88 Å². The van der Waals surface area contributed by atoms with Crippen LogP contribution < -0.4 is 10.1 Å². The maximum Gasteiger partial charge on any atom is 0.218 e. The molecule has 0 unspecified atom stereocenters. The number of hydrogen-bond donors (Lipinski definition) is 2. The van der Waals surface area contributed by atoms with Gasteiger partial charge in [0.25, 0.3) is 0 Å². The third kappa shape index (κ3) is 3.41. The zero-order chi connectivity index (χ0) is 12.8. The van der Waals surface area contributed by atoms with Gasteiger partial charge in [-0.2, -0.15) is 10.1 Å². The molecule has 0 aliphatic heterocycles. The summed E-state index contributed by atoms with van der Waals surface area (Å²) in [7, 11) is 1.59. The van der Waals surface area contributed by atoms with Crippen molar-refractivity contribution in [3.63, 3.8) is 0 Å². The van der Waals surface area contributed by atoms with Gasteiger partial charge in [-0.05, 0) is 13.3 Å². The Kier molecular flexibility index (Phi) is 4.06. The summed E-state index contributed by atoms with van der Waals surface area (Å²) >= 11 is 0. The molecule has 0 aliphatic carbocycles. The smallest absolute Gasteiger partial charge is 0.218 e. The van der Waals surface area contributed by atoms with Crippen LogP contribution in [0, 0.1) is 6.92 Å². The Hall–Kier alpha value is -2.18. The first-order chi connectivity index (χ1) is 8.78. The lowest BCUT2D eigenvalue weighted by Gasteiger charge is -2.07. The van der Waals surface area contributed by atoms with Gasteiger partial charge in [0.15, 0.2) is 0 Å². The summed E-state index contributed by atoms with van der Waals surface area (Å²) < 4.78 is 5.09. The Balaban J connectivity index is 1.81. The zero-order valence-corrected chi connectivity index (χ0v) is 10.5. The van der Waals surface area contributed by atoms with Gasteiger partial charge >= 0.3 is 0 Å². The Morgan fingerprint density at radius 2 is 2.28 bits per heavy atom. The molecule has 0 bridgehead atoms. The lowest BCUT2D eigenvalue weighted by atomic mass is 10.3. The first kappa shape index (κ1) is 12.3. The molecular formula is C11H16N6O. The zero-order valence-electron chi connectivity index (χ0n) is 10.5. The molecule has 2 rings (SSSR count). The van der Waals surface area contributed by atoms with Crippen molar-refractivity contribution in [1.29, 1.82) is 0 Å². The Labute approximate surface area is 105 Å². The Morgan fingerprint density at radius 3 is 3.00 bits per heavy atom. The minimum atomic E-state index is 0.570. The first-order valence-corrected chi connectivity index (χ1v) is 5.75. The molecule has 0 amide bonds. The van der Waals surface area contributed by atoms with E-state index in [0.717, 1.165) is 31.0 Å². The number of ether oxygens (including phenoxy) is 1. The van der Waals surface area contributed by atoms with E-state index in [1.54, 1.807) is 13.2 Å². The highest BCUT2D eigenvalue weighted by Crippen LogP contribution is 2.12. The molecule has 2 aromatic heterocycles. The van der Waals surface area contributed by atoms with Crippen molar-refractivity contribution in [2.75, 3.05) is 19.0 Å². The number of hydrogen-bond acceptors (Lipinski definition) is 6. The predicted octanol–water partition coefficient (Wildman–Crippen LogP) is 0.956. The molecule has 0 radical (unpaired) electrons. The standard InChI is InChI=1S/C11H16N6O/c1-8-15-10(6-11(16-8)18-2)12-5-3-4-9-13-7-14-17-9/h6-7H,3-5H2,1-2H3,(H,12,15,16)(H,13,14,17). The van der Waals surface area contributed by atoms with Gasteiger partial charge in [-0.1, -0.05) is 0 Å². The summed E-state index contributed by atoms with van der Waals surface area (Å²) in [5, 5.41) is 9.86. The fourth-order valence-corrected chi connectivity index (χ4v) is 1.56. The van der Waals surface area contributed by atoms with Crippen LogP contribution in [-0.2, 0) is 6.42 Å². The van der Waals surface area contributed by atoms with Crippen molar-refractivity contribution in [3.05, 3.63) is 24.0 Å². The van der Waals surface area contributed by atoms with Gasteiger partial charge in [0.05, 0.1) is 7.11 Å². The van der Waals surface area contributed by atoms with Crippen LogP contribution in [0.1, 0.15) is 18.1 Å². The lowest BCUT2D eigenvalue weighted by molar-refractivity contribution is 0.396. The quantitative estimate of drug-likeness (QED) is 0.740. The summed E-state index contributed by atoms with van der Waals surface area (Å²) in [5.74, 6) is 2.93. The molecule has 2 N–H and O–H groups in total. The largest absolute Gasteiger partial charge is 0.481 e. The van der Waals surface area contributed by atoms with Crippen molar-refractivity contribution in [3.8, 4) is 5.88 Å². The highest BCUT2D eigenvalue weighted by molar-refractivity contribution is 5.38. The number of H-pyrrole nitrogens is 1. The molecule has 18 heavy (non-hydrogen) atoms. The van der Waals surface area contributed by atoms with E-state index in [9.17, 15) is 0 Å². The molecule has 96 valence electrons. The van der Waals surface area contributed by atoms with Crippen LogP contribution in [0.3, 0.4) is 0 Å². The van der Waals surface area contributed by atoms with Gasteiger partial charge in [-0.25, -0.2) is 9.97 Å². The van der Waals surface area contributed by atoms with Crippen molar-refractivity contribution < 1.29 is 4.74 Å². The van der Waals surface area contributed by atoms with E-state index in [4.69, 9.17) is 4.74 Å². The van der Waals surface area contributed by atoms with Crippen LogP contribution in [0.15, 0.2) is 12.4 Å². The predicted molar refractivity (Wildman–Crippen MR) is 66.5 cm³/mol. The molecule has 2 heterocycles. The number of rotatable bonds is 6. The summed E-state index contributed by atoms with van der Waals surface area (Å²) in [6, 6.07) is 1.78. The van der Waals surface area contributed by atoms with E-state index in [0.29, 0.717) is 11.7 Å². The van der Waals surface area contributed by atoms with E-state index in [1.165, 1.54) is 6.33 Å². The summed E-state index contributed by atoms with van der Waals surface area (Å²) in [6.45, 7) is 2.64. The van der Waals surface area contributed by atoms with Crippen LogP contribution in [0.4, 0.5) is 5.82 Å². The molecule has 7 heteroatoms. The third-order valence-corrected chi connectivity index (χ3v) is 2.38. The van der Waals surface area contributed by atoms with Crippen molar-refractivity contribution >= 4 is 5.82 Å². The lowest BCUT2D eigenvalue weighted by Crippen LogP contribution is -2.07. The van der Waals surface area contributed by atoms with E-state index >= 15 is 0 Å². The molecular weight excluding hydrogens is 232 g/mol. The fourth-order valence-electron chi connectivity index (χ4n) is 1.56. The molecule has 0 saturated carbocycles. The average Bonchev–Trinajstić information content (AvgIpc) is 2.87. The second-order valence-electron chi connectivity index (χ2n) is 3.81. The Morgan fingerprint density at radius 1 is 1.39 bits per heavy atom. The molecule has 0 fully saturated rings. The number of aromatic nitrogens is 5. The highest BCUT2D eigenvalue weighted by Gasteiger charge is 2.01. The molecule has 0 saturated heterocycles. The molecule has 0 aliphatic rings. The van der Waals surface area contributed by atoms with Gasteiger partial charge in [-0.3, -0.25) is 5.10 Å². The van der Waals surface area contributed by atoms with Crippen LogP contribution in [0.25, 0.3) is 0 Å². The third-order valence-electron chi connectivity index (χ3n) is 2.38. The number of anilines is 1. The van der Waals surface area contributed by atoms with Crippen molar-refractivity contribution in [1.82, 2.24) is 25.1 Å². The number of nitrogens with zero attached hydrogens (tertiary/aromatic N) is 4. The van der Waals surface area contributed by atoms with E-state index in [2.05, 4.69) is 30.5 Å². The van der Waals surface area contributed by atoms with Crippen LogP contribution >= 0.6 is 0 Å².